The maximum atomic E-state index is 13.1. The van der Waals surface area contributed by atoms with Gasteiger partial charge >= 0.3 is 6.03 Å². The number of nitrogens with zero attached hydrogens (tertiary/aromatic N) is 2. The number of benzene rings is 1. The lowest BCUT2D eigenvalue weighted by molar-refractivity contribution is -0.135. The van der Waals surface area contributed by atoms with Crippen molar-refractivity contribution < 1.29 is 14.4 Å². The smallest absolute Gasteiger partial charge is 0.325 e. The van der Waals surface area contributed by atoms with E-state index in [4.69, 9.17) is 0 Å². The van der Waals surface area contributed by atoms with Gasteiger partial charge in [-0.25, -0.2) is 4.79 Å². The lowest BCUT2D eigenvalue weighted by Crippen LogP contribution is -2.50. The first kappa shape index (κ1) is 24.2. The van der Waals surface area contributed by atoms with Crippen molar-refractivity contribution in [3.8, 4) is 0 Å². The van der Waals surface area contributed by atoms with Gasteiger partial charge in [-0.05, 0) is 67.8 Å². The first-order valence-electron chi connectivity index (χ1n) is 11.8. The minimum absolute atomic E-state index is 0.187. The third kappa shape index (κ3) is 5.31. The summed E-state index contributed by atoms with van der Waals surface area (Å²) >= 11 is 0. The number of nitrogens with one attached hydrogen (secondary N) is 2. The Bertz CT molecular complexity index is 849. The van der Waals surface area contributed by atoms with Crippen LogP contribution in [0.5, 0.6) is 0 Å². The van der Waals surface area contributed by atoms with Crippen molar-refractivity contribution in [3.05, 3.63) is 29.8 Å². The Morgan fingerprint density at radius 3 is 2.44 bits per heavy atom. The van der Waals surface area contributed by atoms with Crippen LogP contribution in [-0.4, -0.2) is 52.8 Å². The average Bonchev–Trinajstić information content (AvgIpc) is 2.96. The first-order chi connectivity index (χ1) is 15.1. The van der Waals surface area contributed by atoms with Crippen molar-refractivity contribution in [1.82, 2.24) is 15.1 Å². The number of amides is 4. The number of rotatable bonds is 7. The number of hydrogen-bond acceptors (Lipinski definition) is 4. The highest BCUT2D eigenvalue weighted by atomic mass is 16.2. The van der Waals surface area contributed by atoms with Crippen LogP contribution in [0, 0.1) is 11.3 Å². The molecule has 1 aliphatic heterocycles. The molecule has 32 heavy (non-hydrogen) atoms. The zero-order valence-corrected chi connectivity index (χ0v) is 20.2. The van der Waals surface area contributed by atoms with E-state index in [1.54, 1.807) is 0 Å². The van der Waals surface area contributed by atoms with Crippen molar-refractivity contribution in [2.45, 2.75) is 72.4 Å². The monoisotopic (exact) mass is 442 g/mol. The molecule has 0 radical (unpaired) electrons. The Hall–Kier alpha value is -2.41. The molecular formula is C25H38N4O3. The van der Waals surface area contributed by atoms with Crippen molar-refractivity contribution >= 4 is 23.5 Å². The molecule has 3 rings (SSSR count). The van der Waals surface area contributed by atoms with E-state index in [1.165, 1.54) is 0 Å². The van der Waals surface area contributed by atoms with Crippen molar-refractivity contribution in [2.75, 3.05) is 25.0 Å². The minimum Gasteiger partial charge on any atom is -0.325 e. The second-order valence-electron chi connectivity index (χ2n) is 10.3. The largest absolute Gasteiger partial charge is 0.325 e. The van der Waals surface area contributed by atoms with Gasteiger partial charge in [0.25, 0.3) is 5.91 Å². The highest BCUT2D eigenvalue weighted by Gasteiger charge is 2.53. The summed E-state index contributed by atoms with van der Waals surface area (Å²) in [6.45, 7) is 13.4. The standard InChI is InChI=1S/C25H38N4O3/c1-6-28(7-2)16-18-9-8-10-20(15-18)26-21(30)17-29-22(31)25(27-23(29)32)13-11-19(12-14-25)24(3,4)5/h8-10,15,19H,6-7,11-14,16-17H2,1-5H3,(H,26,30)(H,27,32). The van der Waals surface area contributed by atoms with Gasteiger partial charge in [-0.3, -0.25) is 19.4 Å². The number of imide groups is 1. The average molecular weight is 443 g/mol. The van der Waals surface area contributed by atoms with E-state index in [0.717, 1.165) is 42.9 Å². The van der Waals surface area contributed by atoms with Gasteiger partial charge in [-0.1, -0.05) is 46.8 Å². The summed E-state index contributed by atoms with van der Waals surface area (Å²) in [5.41, 5.74) is 1.12. The van der Waals surface area contributed by atoms with Crippen LogP contribution in [0.15, 0.2) is 24.3 Å². The molecule has 7 nitrogen and oxygen atoms in total. The second-order valence-corrected chi connectivity index (χ2v) is 10.3. The molecule has 1 aliphatic carbocycles. The quantitative estimate of drug-likeness (QED) is 0.626. The summed E-state index contributed by atoms with van der Waals surface area (Å²) in [5.74, 6) is -0.104. The van der Waals surface area contributed by atoms with Gasteiger partial charge in [0.1, 0.15) is 12.1 Å². The molecule has 1 aromatic carbocycles. The minimum atomic E-state index is -0.844. The fraction of sp³-hybridized carbons (Fsp3) is 0.640. The van der Waals surface area contributed by atoms with Crippen LogP contribution in [-0.2, 0) is 16.1 Å². The van der Waals surface area contributed by atoms with Crippen molar-refractivity contribution in [2.24, 2.45) is 11.3 Å². The predicted octanol–water partition coefficient (Wildman–Crippen LogP) is 3.99. The van der Waals surface area contributed by atoms with Crippen LogP contribution in [0.1, 0.15) is 65.9 Å². The molecule has 1 saturated carbocycles. The molecule has 1 saturated heterocycles. The molecule has 2 fully saturated rings. The van der Waals surface area contributed by atoms with Crippen molar-refractivity contribution in [3.63, 3.8) is 0 Å². The molecule has 1 spiro atoms. The van der Waals surface area contributed by atoms with Crippen LogP contribution < -0.4 is 10.6 Å². The van der Waals surface area contributed by atoms with E-state index in [2.05, 4.69) is 50.2 Å². The molecule has 0 unspecified atom stereocenters. The van der Waals surface area contributed by atoms with E-state index in [-0.39, 0.29) is 23.8 Å². The van der Waals surface area contributed by atoms with Crippen LogP contribution >= 0.6 is 0 Å². The Kier molecular flexibility index (Phi) is 7.28. The van der Waals surface area contributed by atoms with Crippen LogP contribution in [0.2, 0.25) is 0 Å². The van der Waals surface area contributed by atoms with Crippen molar-refractivity contribution in [1.29, 1.82) is 0 Å². The Morgan fingerprint density at radius 2 is 1.84 bits per heavy atom. The molecule has 7 heteroatoms. The summed E-state index contributed by atoms with van der Waals surface area (Å²) in [4.78, 5) is 41.7. The van der Waals surface area contributed by atoms with Gasteiger partial charge in [0.15, 0.2) is 0 Å². The third-order valence-corrected chi connectivity index (χ3v) is 7.12. The molecular weight excluding hydrogens is 404 g/mol. The molecule has 1 heterocycles. The number of carbonyl (C=O) groups is 3. The molecule has 0 atom stereocenters. The highest BCUT2D eigenvalue weighted by molar-refractivity contribution is 6.10. The van der Waals surface area contributed by atoms with Crippen LogP contribution in [0.3, 0.4) is 0 Å². The Labute approximate surface area is 191 Å². The maximum absolute atomic E-state index is 13.1. The van der Waals surface area contributed by atoms with E-state index in [1.807, 2.05) is 24.3 Å². The van der Waals surface area contributed by atoms with Crippen LogP contribution in [0.4, 0.5) is 10.5 Å². The van der Waals surface area contributed by atoms with Gasteiger partial charge in [-0.2, -0.15) is 0 Å². The number of carbonyl (C=O) groups excluding carboxylic acids is 3. The summed E-state index contributed by atoms with van der Waals surface area (Å²) in [6.07, 6.45) is 3.06. The topological polar surface area (TPSA) is 81.8 Å². The Balaban J connectivity index is 1.60. The van der Waals surface area contributed by atoms with Gasteiger partial charge in [0, 0.05) is 12.2 Å². The lowest BCUT2D eigenvalue weighted by Gasteiger charge is -2.40. The zero-order chi connectivity index (χ0) is 23.5. The highest BCUT2D eigenvalue weighted by Crippen LogP contribution is 2.43. The van der Waals surface area contributed by atoms with E-state index in [0.29, 0.717) is 24.4 Å². The molecule has 4 amide bonds. The maximum Gasteiger partial charge on any atom is 0.325 e. The summed E-state index contributed by atoms with van der Waals surface area (Å²) in [5, 5.41) is 5.75. The molecule has 2 N–H and O–H groups in total. The predicted molar refractivity (Wildman–Crippen MR) is 126 cm³/mol. The fourth-order valence-corrected chi connectivity index (χ4v) is 4.93. The second kappa shape index (κ2) is 9.61. The van der Waals surface area contributed by atoms with E-state index in [9.17, 15) is 14.4 Å². The lowest BCUT2D eigenvalue weighted by atomic mass is 9.67. The molecule has 176 valence electrons. The zero-order valence-electron chi connectivity index (χ0n) is 20.2. The van der Waals surface area contributed by atoms with Gasteiger partial charge in [0.05, 0.1) is 0 Å². The van der Waals surface area contributed by atoms with Gasteiger partial charge < -0.3 is 10.6 Å². The molecule has 0 bridgehead atoms. The number of anilines is 1. The first-order valence-corrected chi connectivity index (χ1v) is 11.8. The van der Waals surface area contributed by atoms with E-state index >= 15 is 0 Å². The van der Waals surface area contributed by atoms with Gasteiger partial charge in [-0.15, -0.1) is 0 Å². The summed E-state index contributed by atoms with van der Waals surface area (Å²) in [7, 11) is 0. The van der Waals surface area contributed by atoms with Crippen LogP contribution in [0.25, 0.3) is 0 Å². The number of urea groups is 1. The molecule has 2 aliphatic rings. The SMILES string of the molecule is CCN(CC)Cc1cccc(NC(=O)CN2C(=O)NC3(CCC(C(C)(C)C)CC3)C2=O)c1. The third-order valence-electron chi connectivity index (χ3n) is 7.12. The molecule has 0 aromatic heterocycles. The number of hydrogen-bond donors (Lipinski definition) is 2. The summed E-state index contributed by atoms with van der Waals surface area (Å²) in [6, 6.07) is 7.24. The normalized spacial score (nSPS) is 23.7. The Morgan fingerprint density at radius 1 is 1.19 bits per heavy atom. The fourth-order valence-electron chi connectivity index (χ4n) is 4.93. The van der Waals surface area contributed by atoms with Gasteiger partial charge in [0.2, 0.25) is 5.91 Å². The van der Waals surface area contributed by atoms with E-state index < -0.39 is 11.6 Å². The molecule has 1 aromatic rings. The summed E-state index contributed by atoms with van der Waals surface area (Å²) < 4.78 is 0.